The minimum atomic E-state index is 0.112. The van der Waals surface area contributed by atoms with E-state index in [1.807, 2.05) is 11.3 Å². The molecule has 2 rings (SSSR count). The van der Waals surface area contributed by atoms with Crippen molar-refractivity contribution in [3.05, 3.63) is 20.9 Å². The fourth-order valence-corrected chi connectivity index (χ4v) is 3.97. The van der Waals surface area contributed by atoms with Crippen LogP contribution in [0.3, 0.4) is 0 Å². The second kappa shape index (κ2) is 3.69. The van der Waals surface area contributed by atoms with Gasteiger partial charge in [-0.25, -0.2) is 0 Å². The Morgan fingerprint density at radius 3 is 2.62 bits per heavy atom. The zero-order valence-electron chi connectivity index (χ0n) is 10.8. The van der Waals surface area contributed by atoms with E-state index in [1.165, 1.54) is 15.3 Å². The van der Waals surface area contributed by atoms with Crippen LogP contribution in [-0.4, -0.2) is 5.78 Å². The van der Waals surface area contributed by atoms with E-state index >= 15 is 0 Å². The Balaban J connectivity index is 2.65. The fourth-order valence-electron chi connectivity index (χ4n) is 2.74. The van der Waals surface area contributed by atoms with Crippen LogP contribution in [-0.2, 0) is 6.42 Å². The third kappa shape index (κ3) is 1.55. The molecule has 1 aromatic heterocycles. The lowest BCUT2D eigenvalue weighted by Gasteiger charge is -2.36. The van der Waals surface area contributed by atoms with Crippen LogP contribution in [0, 0.1) is 12.3 Å². The number of thiophene rings is 1. The van der Waals surface area contributed by atoms with Gasteiger partial charge in [-0.05, 0) is 30.2 Å². The molecule has 1 unspecified atom stereocenters. The molecule has 0 saturated heterocycles. The Kier molecular flexibility index (Phi) is 2.73. The summed E-state index contributed by atoms with van der Waals surface area (Å²) in [6.45, 7) is 11.0. The second-order valence-corrected chi connectivity index (χ2v) is 6.84. The van der Waals surface area contributed by atoms with Crippen molar-refractivity contribution in [3.8, 4) is 0 Å². The fraction of sp³-hybridized carbons (Fsp3) is 0.643. The largest absolute Gasteiger partial charge is 0.294 e. The first-order chi connectivity index (χ1) is 7.38. The molecule has 0 spiro atoms. The third-order valence-corrected chi connectivity index (χ3v) is 5.29. The molecule has 1 atom stereocenters. The molecule has 0 amide bonds. The molecular weight excluding hydrogens is 216 g/mol. The van der Waals surface area contributed by atoms with E-state index in [4.69, 9.17) is 0 Å². The van der Waals surface area contributed by atoms with Gasteiger partial charge in [-0.3, -0.25) is 4.79 Å². The van der Waals surface area contributed by atoms with Crippen LogP contribution in [0.2, 0.25) is 0 Å². The molecule has 1 heterocycles. The molecule has 1 aliphatic carbocycles. The third-order valence-electron chi connectivity index (χ3n) is 4.03. The highest BCUT2D eigenvalue weighted by Crippen LogP contribution is 2.49. The molecule has 0 aromatic carbocycles. The van der Waals surface area contributed by atoms with Crippen LogP contribution in [0.5, 0.6) is 0 Å². The van der Waals surface area contributed by atoms with Crippen LogP contribution in [0.25, 0.3) is 0 Å². The highest BCUT2D eigenvalue weighted by molar-refractivity contribution is 7.12. The number of carbonyl (C=O) groups is 1. The van der Waals surface area contributed by atoms with Crippen LogP contribution in [0.15, 0.2) is 0 Å². The van der Waals surface area contributed by atoms with Crippen molar-refractivity contribution in [1.29, 1.82) is 0 Å². The first-order valence-electron chi connectivity index (χ1n) is 6.03. The predicted octanol–water partition coefficient (Wildman–Crippen LogP) is 4.34. The lowest BCUT2D eigenvalue weighted by Crippen LogP contribution is -2.30. The first kappa shape index (κ1) is 11.8. The van der Waals surface area contributed by atoms with Crippen molar-refractivity contribution >= 4 is 17.1 Å². The van der Waals surface area contributed by atoms with Crippen molar-refractivity contribution < 1.29 is 4.79 Å². The van der Waals surface area contributed by atoms with Crippen molar-refractivity contribution in [2.45, 2.75) is 53.4 Å². The number of ketones is 1. The maximum absolute atomic E-state index is 12.2. The van der Waals surface area contributed by atoms with Gasteiger partial charge >= 0.3 is 0 Å². The average Bonchev–Trinajstić information content (AvgIpc) is 2.52. The summed E-state index contributed by atoms with van der Waals surface area (Å²) in [5.41, 5.74) is 2.51. The molecule has 0 bridgehead atoms. The number of carbonyl (C=O) groups excluding carboxylic acids is 1. The van der Waals surface area contributed by atoms with E-state index in [2.05, 4.69) is 34.6 Å². The van der Waals surface area contributed by atoms with Gasteiger partial charge in [0.05, 0.1) is 0 Å². The number of hydrogen-bond acceptors (Lipinski definition) is 2. The molecule has 1 aromatic rings. The van der Waals surface area contributed by atoms with Crippen molar-refractivity contribution in [3.63, 3.8) is 0 Å². The van der Waals surface area contributed by atoms with Crippen molar-refractivity contribution in [1.82, 2.24) is 0 Å². The van der Waals surface area contributed by atoms with E-state index < -0.39 is 0 Å². The number of fused-ring (bicyclic) bond motifs is 1. The molecule has 0 fully saturated rings. The minimum absolute atomic E-state index is 0.112. The monoisotopic (exact) mass is 236 g/mol. The van der Waals surface area contributed by atoms with Gasteiger partial charge in [0, 0.05) is 21.7 Å². The quantitative estimate of drug-likeness (QED) is 0.709. The van der Waals surface area contributed by atoms with Crippen LogP contribution >= 0.6 is 11.3 Å². The molecule has 88 valence electrons. The summed E-state index contributed by atoms with van der Waals surface area (Å²) >= 11 is 1.82. The summed E-state index contributed by atoms with van der Waals surface area (Å²) in [5, 5.41) is 0. The number of rotatable bonds is 1. The van der Waals surface area contributed by atoms with Crippen molar-refractivity contribution in [2.24, 2.45) is 5.41 Å². The second-order valence-electron chi connectivity index (χ2n) is 5.53. The molecule has 2 heteroatoms. The molecule has 16 heavy (non-hydrogen) atoms. The smallest absolute Gasteiger partial charge is 0.164 e. The Bertz CT molecular complexity index is 440. The lowest BCUT2D eigenvalue weighted by molar-refractivity contribution is 0.0889. The average molecular weight is 236 g/mol. The lowest BCUT2D eigenvalue weighted by atomic mass is 9.66. The summed E-state index contributed by atoms with van der Waals surface area (Å²) in [6.07, 6.45) is 1.68. The predicted molar refractivity (Wildman–Crippen MR) is 69.6 cm³/mol. The Labute approximate surface area is 102 Å². The number of Topliss-reactive ketones (excluding diaryl/α,β-unsaturated/α-hetero) is 1. The van der Waals surface area contributed by atoms with Gasteiger partial charge in [-0.1, -0.05) is 27.7 Å². The van der Waals surface area contributed by atoms with Gasteiger partial charge in [-0.2, -0.15) is 0 Å². The van der Waals surface area contributed by atoms with Crippen LogP contribution < -0.4 is 0 Å². The normalized spacial score (nSPS) is 23.3. The highest BCUT2D eigenvalue weighted by Gasteiger charge is 2.40. The maximum Gasteiger partial charge on any atom is 0.164 e. The summed E-state index contributed by atoms with van der Waals surface area (Å²) < 4.78 is 0. The Morgan fingerprint density at radius 1 is 1.44 bits per heavy atom. The van der Waals surface area contributed by atoms with Gasteiger partial charge in [0.1, 0.15) is 0 Å². The SMILES string of the molecule is CCc1sc(C)c2c1C(=O)CC(C)(C)C2C. The summed E-state index contributed by atoms with van der Waals surface area (Å²) in [5.74, 6) is 0.857. The van der Waals surface area contributed by atoms with Gasteiger partial charge < -0.3 is 0 Å². The van der Waals surface area contributed by atoms with Gasteiger partial charge in [0.25, 0.3) is 0 Å². The first-order valence-corrected chi connectivity index (χ1v) is 6.85. The molecular formula is C14H20OS. The Morgan fingerprint density at radius 2 is 2.06 bits per heavy atom. The number of hydrogen-bond donors (Lipinski definition) is 0. The van der Waals surface area contributed by atoms with Crippen molar-refractivity contribution in [2.75, 3.05) is 0 Å². The van der Waals surface area contributed by atoms with E-state index in [9.17, 15) is 4.79 Å². The van der Waals surface area contributed by atoms with E-state index in [0.29, 0.717) is 18.1 Å². The van der Waals surface area contributed by atoms with Gasteiger partial charge in [0.15, 0.2) is 5.78 Å². The Hall–Kier alpha value is -0.630. The standard InChI is InChI=1S/C14H20OS/c1-6-11-13-10(15)7-14(4,5)8(2)12(13)9(3)16-11/h8H,6-7H2,1-5H3. The maximum atomic E-state index is 12.2. The van der Waals surface area contributed by atoms with Crippen LogP contribution in [0.4, 0.5) is 0 Å². The zero-order chi connectivity index (χ0) is 12.1. The topological polar surface area (TPSA) is 17.1 Å². The van der Waals surface area contributed by atoms with Gasteiger partial charge in [-0.15, -0.1) is 11.3 Å². The summed E-state index contributed by atoms with van der Waals surface area (Å²) in [6, 6.07) is 0. The van der Waals surface area contributed by atoms with E-state index in [0.717, 1.165) is 12.0 Å². The molecule has 0 aliphatic heterocycles. The van der Waals surface area contributed by atoms with Gasteiger partial charge in [0.2, 0.25) is 0 Å². The highest BCUT2D eigenvalue weighted by atomic mass is 32.1. The minimum Gasteiger partial charge on any atom is -0.294 e. The molecule has 0 radical (unpaired) electrons. The van der Waals surface area contributed by atoms with E-state index in [1.54, 1.807) is 0 Å². The molecule has 1 aliphatic rings. The summed E-state index contributed by atoms with van der Waals surface area (Å²) in [7, 11) is 0. The molecule has 0 N–H and O–H groups in total. The zero-order valence-corrected chi connectivity index (χ0v) is 11.6. The molecule has 0 saturated carbocycles. The van der Waals surface area contributed by atoms with E-state index in [-0.39, 0.29) is 5.41 Å². The summed E-state index contributed by atoms with van der Waals surface area (Å²) in [4.78, 5) is 14.9. The van der Waals surface area contributed by atoms with Crippen LogP contribution in [0.1, 0.15) is 65.7 Å². The number of aryl methyl sites for hydroxylation is 2. The molecule has 1 nitrogen and oxygen atoms in total.